The Labute approximate surface area is 97.9 Å². The summed E-state index contributed by atoms with van der Waals surface area (Å²) < 4.78 is 9.63. The van der Waals surface area contributed by atoms with E-state index in [1.165, 1.54) is 0 Å². The quantitative estimate of drug-likeness (QED) is 0.747. The van der Waals surface area contributed by atoms with Crippen LogP contribution in [-0.4, -0.2) is 34.7 Å². The normalized spacial score (nSPS) is 12.4. The first-order chi connectivity index (χ1) is 7.69. The van der Waals surface area contributed by atoms with Crippen molar-refractivity contribution in [2.45, 2.75) is 19.4 Å². The third-order valence-electron chi connectivity index (χ3n) is 1.85. The number of carbonyl (C=O) groups excluding carboxylic acids is 1. The van der Waals surface area contributed by atoms with E-state index in [1.807, 2.05) is 6.26 Å². The largest absolute Gasteiger partial charge is 0.460 e. The van der Waals surface area contributed by atoms with Crippen molar-refractivity contribution in [1.29, 1.82) is 0 Å². The molecule has 0 fully saturated rings. The van der Waals surface area contributed by atoms with Gasteiger partial charge in [-0.25, -0.2) is 4.79 Å². The Bertz CT molecular complexity index is 342. The number of aromatic nitrogens is 2. The van der Waals surface area contributed by atoms with Gasteiger partial charge in [0.2, 0.25) is 5.89 Å². The van der Waals surface area contributed by atoms with E-state index in [2.05, 4.69) is 10.1 Å². The number of carbonyl (C=O) groups is 1. The van der Waals surface area contributed by atoms with Crippen molar-refractivity contribution in [3.8, 4) is 0 Å². The third-order valence-corrected chi connectivity index (χ3v) is 2.49. The topological polar surface area (TPSA) is 91.2 Å². The van der Waals surface area contributed by atoms with Gasteiger partial charge in [0.05, 0.1) is 12.6 Å². The van der Waals surface area contributed by atoms with Gasteiger partial charge in [0.1, 0.15) is 0 Å². The summed E-state index contributed by atoms with van der Waals surface area (Å²) in [6.07, 6.45) is 2.72. The lowest BCUT2D eigenvalue weighted by Gasteiger charge is -2.03. The molecule has 0 aromatic carbocycles. The standard InChI is InChI=1S/C9H15N3O3S/c1-3-14-9(13)7-11-8(15-12-7)6(10)4-5-16-2/h6H,3-5,10H2,1-2H3. The Morgan fingerprint density at radius 1 is 1.69 bits per heavy atom. The molecule has 1 rings (SSSR count). The van der Waals surface area contributed by atoms with Gasteiger partial charge in [0.15, 0.2) is 0 Å². The average molecular weight is 245 g/mol. The first-order valence-corrected chi connectivity index (χ1v) is 6.33. The lowest BCUT2D eigenvalue weighted by atomic mass is 10.2. The zero-order valence-electron chi connectivity index (χ0n) is 9.30. The van der Waals surface area contributed by atoms with Crippen LogP contribution in [0.3, 0.4) is 0 Å². The molecule has 0 aliphatic carbocycles. The Kier molecular flexibility index (Phi) is 5.27. The molecule has 0 saturated heterocycles. The second kappa shape index (κ2) is 6.49. The predicted molar refractivity (Wildman–Crippen MR) is 60.2 cm³/mol. The lowest BCUT2D eigenvalue weighted by molar-refractivity contribution is 0.0508. The average Bonchev–Trinajstić information content (AvgIpc) is 2.75. The molecule has 1 unspecified atom stereocenters. The Balaban J connectivity index is 2.59. The highest BCUT2D eigenvalue weighted by atomic mass is 32.2. The second-order valence-corrected chi connectivity index (χ2v) is 4.05. The van der Waals surface area contributed by atoms with E-state index in [9.17, 15) is 4.79 Å². The van der Waals surface area contributed by atoms with Gasteiger partial charge in [-0.3, -0.25) is 0 Å². The van der Waals surface area contributed by atoms with Crippen LogP contribution >= 0.6 is 11.8 Å². The van der Waals surface area contributed by atoms with Crippen molar-refractivity contribution in [3.05, 3.63) is 11.7 Å². The molecule has 0 aliphatic heterocycles. The number of thioether (sulfide) groups is 1. The SMILES string of the molecule is CCOC(=O)c1noc(C(N)CCSC)n1. The molecule has 1 heterocycles. The van der Waals surface area contributed by atoms with E-state index in [0.717, 1.165) is 12.2 Å². The van der Waals surface area contributed by atoms with Crippen LogP contribution in [0.15, 0.2) is 4.52 Å². The minimum atomic E-state index is -0.588. The maximum Gasteiger partial charge on any atom is 0.379 e. The number of hydrogen-bond acceptors (Lipinski definition) is 7. The highest BCUT2D eigenvalue weighted by Crippen LogP contribution is 2.14. The molecular formula is C9H15N3O3S. The lowest BCUT2D eigenvalue weighted by Crippen LogP contribution is -2.12. The van der Waals surface area contributed by atoms with Gasteiger partial charge in [-0.1, -0.05) is 0 Å². The fourth-order valence-corrected chi connectivity index (χ4v) is 1.52. The Morgan fingerprint density at radius 3 is 3.06 bits per heavy atom. The summed E-state index contributed by atoms with van der Waals surface area (Å²) in [6.45, 7) is 1.99. The third kappa shape index (κ3) is 3.49. The van der Waals surface area contributed by atoms with Crippen LogP contribution in [0, 0.1) is 0 Å². The van der Waals surface area contributed by atoms with Crippen molar-refractivity contribution in [3.63, 3.8) is 0 Å². The van der Waals surface area contributed by atoms with Gasteiger partial charge < -0.3 is 15.0 Å². The molecule has 0 bridgehead atoms. The summed E-state index contributed by atoms with van der Waals surface area (Å²) in [5.41, 5.74) is 5.81. The van der Waals surface area contributed by atoms with E-state index >= 15 is 0 Å². The molecule has 1 atom stereocenters. The fraction of sp³-hybridized carbons (Fsp3) is 0.667. The smallest absolute Gasteiger partial charge is 0.379 e. The van der Waals surface area contributed by atoms with Crippen LogP contribution < -0.4 is 5.73 Å². The highest BCUT2D eigenvalue weighted by Gasteiger charge is 2.19. The Morgan fingerprint density at radius 2 is 2.44 bits per heavy atom. The van der Waals surface area contributed by atoms with Gasteiger partial charge in [-0.15, -0.1) is 0 Å². The zero-order chi connectivity index (χ0) is 12.0. The first-order valence-electron chi connectivity index (χ1n) is 4.94. The summed E-state index contributed by atoms with van der Waals surface area (Å²) in [5.74, 6) is 0.515. The predicted octanol–water partition coefficient (Wildman–Crippen LogP) is 0.999. The molecular weight excluding hydrogens is 230 g/mol. The number of hydrogen-bond donors (Lipinski definition) is 1. The summed E-state index contributed by atoms with van der Waals surface area (Å²) in [4.78, 5) is 15.1. The van der Waals surface area contributed by atoms with E-state index < -0.39 is 5.97 Å². The van der Waals surface area contributed by atoms with Crippen molar-refractivity contribution in [2.24, 2.45) is 5.73 Å². The fourth-order valence-electron chi connectivity index (χ4n) is 1.03. The zero-order valence-corrected chi connectivity index (χ0v) is 10.1. The van der Waals surface area contributed by atoms with Crippen LogP contribution in [0.1, 0.15) is 35.9 Å². The van der Waals surface area contributed by atoms with Crippen LogP contribution in [0.2, 0.25) is 0 Å². The molecule has 1 aromatic rings. The molecule has 6 nitrogen and oxygen atoms in total. The van der Waals surface area contributed by atoms with Crippen LogP contribution in [0.4, 0.5) is 0 Å². The maximum atomic E-state index is 11.2. The molecule has 1 aromatic heterocycles. The molecule has 90 valence electrons. The second-order valence-electron chi connectivity index (χ2n) is 3.06. The van der Waals surface area contributed by atoms with Crippen molar-refractivity contribution in [1.82, 2.24) is 10.1 Å². The van der Waals surface area contributed by atoms with E-state index in [4.69, 9.17) is 15.0 Å². The van der Waals surface area contributed by atoms with Crippen molar-refractivity contribution in [2.75, 3.05) is 18.6 Å². The summed E-state index contributed by atoms with van der Waals surface area (Å²) in [5, 5.41) is 3.52. The van der Waals surface area contributed by atoms with E-state index in [1.54, 1.807) is 18.7 Å². The van der Waals surface area contributed by atoms with Crippen LogP contribution in [-0.2, 0) is 4.74 Å². The molecule has 16 heavy (non-hydrogen) atoms. The number of rotatable bonds is 6. The Hall–Kier alpha value is -1.08. The molecule has 0 spiro atoms. The molecule has 0 saturated carbocycles. The molecule has 0 amide bonds. The van der Waals surface area contributed by atoms with Gasteiger partial charge in [-0.05, 0) is 30.5 Å². The summed E-state index contributed by atoms with van der Waals surface area (Å²) in [6, 6.07) is -0.330. The van der Waals surface area contributed by atoms with Gasteiger partial charge in [0.25, 0.3) is 5.82 Å². The number of esters is 1. The molecule has 0 aliphatic rings. The number of nitrogens with zero attached hydrogens (tertiary/aromatic N) is 2. The highest BCUT2D eigenvalue weighted by molar-refractivity contribution is 7.98. The minimum absolute atomic E-state index is 0.0727. The van der Waals surface area contributed by atoms with E-state index in [0.29, 0.717) is 0 Å². The number of ether oxygens (including phenoxy) is 1. The van der Waals surface area contributed by atoms with Gasteiger partial charge in [0, 0.05) is 0 Å². The molecule has 2 N–H and O–H groups in total. The van der Waals surface area contributed by atoms with Crippen LogP contribution in [0.5, 0.6) is 0 Å². The number of nitrogens with two attached hydrogens (primary N) is 1. The van der Waals surface area contributed by atoms with Crippen LogP contribution in [0.25, 0.3) is 0 Å². The maximum absolute atomic E-state index is 11.2. The molecule has 7 heteroatoms. The van der Waals surface area contributed by atoms with Crippen molar-refractivity contribution < 1.29 is 14.1 Å². The summed E-state index contributed by atoms with van der Waals surface area (Å²) >= 11 is 1.68. The monoisotopic (exact) mass is 245 g/mol. The van der Waals surface area contributed by atoms with Gasteiger partial charge >= 0.3 is 5.97 Å². The summed E-state index contributed by atoms with van der Waals surface area (Å²) in [7, 11) is 0. The minimum Gasteiger partial charge on any atom is -0.460 e. The van der Waals surface area contributed by atoms with E-state index in [-0.39, 0.29) is 24.4 Å². The molecule has 0 radical (unpaired) electrons. The van der Waals surface area contributed by atoms with Crippen molar-refractivity contribution >= 4 is 17.7 Å². The first kappa shape index (κ1) is 13.0. The van der Waals surface area contributed by atoms with Gasteiger partial charge in [-0.2, -0.15) is 16.7 Å².